The lowest BCUT2D eigenvalue weighted by Gasteiger charge is -2.27. The molecule has 0 aliphatic heterocycles. The summed E-state index contributed by atoms with van der Waals surface area (Å²) < 4.78 is 54.8. The van der Waals surface area contributed by atoms with Crippen LogP contribution in [-0.2, 0) is 10.8 Å². The summed E-state index contributed by atoms with van der Waals surface area (Å²) in [5.41, 5.74) is -2.19. The van der Waals surface area contributed by atoms with Gasteiger partial charge in [0.05, 0.1) is 2.74 Å². The molecule has 1 N–H and O–H groups in total. The van der Waals surface area contributed by atoms with E-state index in [2.05, 4.69) is 0 Å². The minimum Gasteiger partial charge on any atom is -0.507 e. The first-order valence-corrected chi connectivity index (χ1v) is 5.18. The van der Waals surface area contributed by atoms with Crippen LogP contribution in [0.5, 0.6) is 5.75 Å². The number of hydrogen-bond acceptors (Lipinski definition) is 1. The Labute approximate surface area is 109 Å². The van der Waals surface area contributed by atoms with Crippen molar-refractivity contribution in [3.63, 3.8) is 0 Å². The maximum absolute atomic E-state index is 10.7. The molecule has 1 aromatic rings. The molecule has 0 aromatic heterocycles. The van der Waals surface area contributed by atoms with Crippen LogP contribution in [0.2, 0.25) is 0 Å². The SMILES string of the molecule is [2H]CC(C)(C)c1c([2H])c(C([2H])([2H])[2H])c([2H])c(C(C)(C)C[2H])c1O. The summed E-state index contributed by atoms with van der Waals surface area (Å²) in [4.78, 5) is 0. The Balaban J connectivity index is 4.06. The van der Waals surface area contributed by atoms with Crippen LogP contribution in [0.1, 0.15) is 67.8 Å². The molecule has 0 heterocycles. The Kier molecular flexibility index (Phi) is 1.44. The molecule has 0 fully saturated rings. The summed E-state index contributed by atoms with van der Waals surface area (Å²) in [6.07, 6.45) is 0. The zero-order valence-corrected chi connectivity index (χ0v) is 10.4. The fraction of sp³-hybridized carbons (Fsp3) is 0.600. The number of benzene rings is 1. The number of rotatable bonds is 0. The predicted molar refractivity (Wildman–Crippen MR) is 70.2 cm³/mol. The fourth-order valence-corrected chi connectivity index (χ4v) is 1.50. The van der Waals surface area contributed by atoms with Gasteiger partial charge in [0.15, 0.2) is 0 Å². The maximum Gasteiger partial charge on any atom is 0.123 e. The third-order valence-electron chi connectivity index (χ3n) is 2.33. The molecule has 1 aromatic carbocycles. The van der Waals surface area contributed by atoms with E-state index < -0.39 is 35.3 Å². The molecule has 1 rings (SSSR count). The average Bonchev–Trinajstić information content (AvgIpc) is 2.35. The summed E-state index contributed by atoms with van der Waals surface area (Å²) in [6, 6.07) is -0.816. The minimum absolute atomic E-state index is 0.0613. The zero-order chi connectivity index (χ0) is 18.4. The molecular formula is C15H24O. The monoisotopic (exact) mass is 227 g/mol. The van der Waals surface area contributed by atoms with Crippen LogP contribution in [0.4, 0.5) is 0 Å². The molecule has 1 nitrogen and oxygen atoms in total. The number of aromatic hydroxyl groups is 1. The summed E-state index contributed by atoms with van der Waals surface area (Å²) >= 11 is 0. The third-order valence-corrected chi connectivity index (χ3v) is 2.33. The summed E-state index contributed by atoms with van der Waals surface area (Å²) in [5, 5.41) is 10.7. The van der Waals surface area contributed by atoms with Crippen LogP contribution in [0, 0.1) is 6.85 Å². The number of phenols is 1. The van der Waals surface area contributed by atoms with Crippen molar-refractivity contribution in [2.75, 3.05) is 0 Å². The molecule has 1 heteroatoms. The molecule has 0 amide bonds. The number of hydrogen-bond donors (Lipinski definition) is 1. The van der Waals surface area contributed by atoms with Gasteiger partial charge in [-0.3, -0.25) is 0 Å². The van der Waals surface area contributed by atoms with Gasteiger partial charge in [-0.25, -0.2) is 0 Å². The van der Waals surface area contributed by atoms with Crippen molar-refractivity contribution in [1.29, 1.82) is 0 Å². The third kappa shape index (κ3) is 2.58. The van der Waals surface area contributed by atoms with Gasteiger partial charge in [0.25, 0.3) is 0 Å². The van der Waals surface area contributed by atoms with Crippen molar-refractivity contribution >= 4 is 0 Å². The van der Waals surface area contributed by atoms with Crippen molar-refractivity contribution in [2.45, 2.75) is 59.2 Å². The van der Waals surface area contributed by atoms with Gasteiger partial charge in [0.2, 0.25) is 0 Å². The van der Waals surface area contributed by atoms with Crippen LogP contribution >= 0.6 is 0 Å². The van der Waals surface area contributed by atoms with E-state index in [9.17, 15) is 5.11 Å². The lowest BCUT2D eigenvalue weighted by Crippen LogP contribution is -2.17. The van der Waals surface area contributed by atoms with Gasteiger partial charge < -0.3 is 5.11 Å². The number of phenolic OH excluding ortho intramolecular Hbond substituents is 1. The Morgan fingerprint density at radius 3 is 1.81 bits per heavy atom. The molecule has 0 spiro atoms. The van der Waals surface area contributed by atoms with E-state index in [1.807, 2.05) is 0 Å². The fourth-order valence-electron chi connectivity index (χ4n) is 1.50. The van der Waals surface area contributed by atoms with Crippen molar-refractivity contribution in [1.82, 2.24) is 0 Å². The first kappa shape index (κ1) is 6.09. The van der Waals surface area contributed by atoms with Gasteiger partial charge in [-0.1, -0.05) is 59.1 Å². The topological polar surface area (TPSA) is 20.2 Å². The maximum atomic E-state index is 10.7. The van der Waals surface area contributed by atoms with E-state index >= 15 is 0 Å². The van der Waals surface area contributed by atoms with Crippen molar-refractivity contribution in [3.8, 4) is 5.75 Å². The summed E-state index contributed by atoms with van der Waals surface area (Å²) in [5.74, 6) is -0.331. The molecule has 0 radical (unpaired) electrons. The molecule has 0 aliphatic carbocycles. The quantitative estimate of drug-likeness (QED) is 0.701. The van der Waals surface area contributed by atoms with E-state index in [-0.39, 0.29) is 30.7 Å². The van der Waals surface area contributed by atoms with E-state index in [4.69, 9.17) is 9.60 Å². The first-order valence-electron chi connectivity index (χ1n) is 9.09. The molecule has 0 saturated carbocycles. The second-order valence-corrected chi connectivity index (χ2v) is 5.49. The molecular weight excluding hydrogens is 196 g/mol. The normalized spacial score (nSPS) is 19.9. The highest BCUT2D eigenvalue weighted by Crippen LogP contribution is 2.39. The highest BCUT2D eigenvalue weighted by atomic mass is 16.3. The highest BCUT2D eigenvalue weighted by molar-refractivity contribution is 5.49. The van der Waals surface area contributed by atoms with Crippen molar-refractivity contribution in [2.24, 2.45) is 0 Å². The lowest BCUT2D eigenvalue weighted by molar-refractivity contribution is 0.423. The van der Waals surface area contributed by atoms with Gasteiger partial charge in [-0.05, 0) is 28.8 Å². The summed E-state index contributed by atoms with van der Waals surface area (Å²) in [7, 11) is 0. The molecule has 0 atom stereocenters. The highest BCUT2D eigenvalue weighted by Gasteiger charge is 2.25. The van der Waals surface area contributed by atoms with Crippen LogP contribution in [-0.4, -0.2) is 5.11 Å². The Hall–Kier alpha value is -0.980. The standard InChI is InChI=1S/C15H24O/c1-10-8-11(14(2,3)4)13(16)12(9-10)15(5,6)7/h8-9,16H,1-7H3/i1D3,2D,5D,8D,9D. The molecule has 16 heavy (non-hydrogen) atoms. The zero-order valence-electron chi connectivity index (χ0n) is 17.4. The van der Waals surface area contributed by atoms with Crippen LogP contribution in [0.3, 0.4) is 0 Å². The Bertz CT molecular complexity index is 560. The predicted octanol–water partition coefficient (Wildman–Crippen LogP) is 4.30. The smallest absolute Gasteiger partial charge is 0.123 e. The van der Waals surface area contributed by atoms with E-state index in [1.54, 1.807) is 27.7 Å². The molecule has 0 aliphatic rings. The van der Waals surface area contributed by atoms with E-state index in [0.717, 1.165) is 0 Å². The van der Waals surface area contributed by atoms with Gasteiger partial charge in [-0.2, -0.15) is 0 Å². The van der Waals surface area contributed by atoms with E-state index in [1.165, 1.54) is 0 Å². The minimum atomic E-state index is -2.68. The van der Waals surface area contributed by atoms with Gasteiger partial charge in [0.1, 0.15) is 5.75 Å². The van der Waals surface area contributed by atoms with Gasteiger partial charge >= 0.3 is 0 Å². The van der Waals surface area contributed by atoms with Crippen molar-refractivity contribution in [3.05, 3.63) is 28.8 Å². The van der Waals surface area contributed by atoms with Crippen molar-refractivity contribution < 1.29 is 14.7 Å². The molecule has 0 bridgehead atoms. The van der Waals surface area contributed by atoms with Gasteiger partial charge in [0, 0.05) is 6.85 Å². The first-order chi connectivity index (χ1) is 10.2. The largest absolute Gasteiger partial charge is 0.507 e. The molecule has 90 valence electrons. The second kappa shape index (κ2) is 3.80. The molecule has 0 saturated heterocycles. The Morgan fingerprint density at radius 2 is 1.50 bits per heavy atom. The second-order valence-electron chi connectivity index (χ2n) is 5.49. The van der Waals surface area contributed by atoms with Crippen LogP contribution in [0.15, 0.2) is 12.1 Å². The lowest BCUT2D eigenvalue weighted by atomic mass is 9.78. The van der Waals surface area contributed by atoms with Crippen LogP contribution < -0.4 is 0 Å². The molecule has 0 unspecified atom stereocenters. The van der Waals surface area contributed by atoms with E-state index in [0.29, 0.717) is 0 Å². The van der Waals surface area contributed by atoms with Gasteiger partial charge in [-0.15, -0.1) is 0 Å². The average molecular weight is 227 g/mol. The summed E-state index contributed by atoms with van der Waals surface area (Å²) in [6.45, 7) is 3.63. The van der Waals surface area contributed by atoms with Crippen LogP contribution in [0.25, 0.3) is 0 Å². The Morgan fingerprint density at radius 1 is 1.06 bits per heavy atom.